The normalized spacial score (nSPS) is 11.0. The molecule has 1 aromatic heterocycles. The molecule has 3 aromatic rings. The van der Waals surface area contributed by atoms with Gasteiger partial charge in [-0.15, -0.1) is 11.3 Å². The van der Waals surface area contributed by atoms with Crippen LogP contribution in [0.15, 0.2) is 57.4 Å². The van der Waals surface area contributed by atoms with Crippen molar-refractivity contribution in [3.8, 4) is 17.0 Å². The lowest BCUT2D eigenvalue weighted by Gasteiger charge is -2.04. The molecule has 0 aliphatic carbocycles. The van der Waals surface area contributed by atoms with E-state index < -0.39 is 0 Å². The smallest absolute Gasteiger partial charge is 0.203 e. The summed E-state index contributed by atoms with van der Waals surface area (Å²) < 4.78 is 6.27. The van der Waals surface area contributed by atoms with Crippen molar-refractivity contribution >= 4 is 50.2 Å². The van der Waals surface area contributed by atoms with Gasteiger partial charge >= 0.3 is 0 Å². The quantitative estimate of drug-likeness (QED) is 0.425. The van der Waals surface area contributed by atoms with Gasteiger partial charge in [0.25, 0.3) is 0 Å². The molecule has 0 saturated carbocycles. The van der Waals surface area contributed by atoms with E-state index in [0.29, 0.717) is 10.2 Å². The maximum Gasteiger partial charge on any atom is 0.203 e. The molecule has 0 amide bonds. The van der Waals surface area contributed by atoms with E-state index in [9.17, 15) is 0 Å². The fraction of sp³-hybridized carbons (Fsp3) is 0.0588. The van der Waals surface area contributed by atoms with Gasteiger partial charge in [-0.05, 0) is 30.3 Å². The van der Waals surface area contributed by atoms with Gasteiger partial charge in [-0.2, -0.15) is 5.10 Å². The Morgan fingerprint density at radius 1 is 1.25 bits per heavy atom. The molecule has 0 aliphatic heterocycles. The standard InChI is InChI=1S/C17H13BrClN3OS/c1-23-16-7-4-13(18)8-12(16)9-20-22-17-21-15(10-24-17)11-2-5-14(19)6-3-11/h2-10H,1H3,(H,21,22)/b20-9+. The third kappa shape index (κ3) is 4.14. The second-order valence-corrected chi connectivity index (χ2v) is 7.01. The summed E-state index contributed by atoms with van der Waals surface area (Å²) in [5, 5.41) is 7.63. The van der Waals surface area contributed by atoms with Crippen molar-refractivity contribution < 1.29 is 4.74 Å². The number of nitrogens with one attached hydrogen (secondary N) is 1. The van der Waals surface area contributed by atoms with Crippen LogP contribution in [0.25, 0.3) is 11.3 Å². The van der Waals surface area contributed by atoms with Gasteiger partial charge in [0.2, 0.25) is 5.13 Å². The third-order valence-electron chi connectivity index (χ3n) is 3.20. The number of rotatable bonds is 5. The molecule has 0 bridgehead atoms. The lowest BCUT2D eigenvalue weighted by molar-refractivity contribution is 0.414. The van der Waals surface area contributed by atoms with Crippen LogP contribution in [-0.2, 0) is 0 Å². The lowest BCUT2D eigenvalue weighted by Crippen LogP contribution is -1.94. The first-order chi connectivity index (χ1) is 11.7. The molecular formula is C17H13BrClN3OS. The van der Waals surface area contributed by atoms with E-state index in [1.165, 1.54) is 11.3 Å². The highest BCUT2D eigenvalue weighted by molar-refractivity contribution is 9.10. The average molecular weight is 423 g/mol. The molecule has 1 N–H and O–H groups in total. The van der Waals surface area contributed by atoms with Crippen LogP contribution >= 0.6 is 38.9 Å². The first-order valence-corrected chi connectivity index (χ1v) is 9.05. The fourth-order valence-corrected chi connectivity index (χ4v) is 3.21. The van der Waals surface area contributed by atoms with E-state index in [0.717, 1.165) is 27.0 Å². The molecule has 3 rings (SSSR count). The van der Waals surface area contributed by atoms with Gasteiger partial charge in [0, 0.05) is 26.0 Å². The maximum atomic E-state index is 5.90. The van der Waals surface area contributed by atoms with Crippen LogP contribution in [0.5, 0.6) is 5.75 Å². The summed E-state index contributed by atoms with van der Waals surface area (Å²) in [6, 6.07) is 13.3. The molecule has 1 heterocycles. The molecule has 122 valence electrons. The van der Waals surface area contributed by atoms with Crippen LogP contribution in [0, 0.1) is 0 Å². The van der Waals surface area contributed by atoms with E-state index in [-0.39, 0.29) is 0 Å². The van der Waals surface area contributed by atoms with E-state index in [2.05, 4.69) is 31.4 Å². The number of halogens is 2. The molecule has 7 heteroatoms. The number of thiazole rings is 1. The molecular weight excluding hydrogens is 410 g/mol. The summed E-state index contributed by atoms with van der Waals surface area (Å²) in [7, 11) is 1.63. The number of anilines is 1. The minimum Gasteiger partial charge on any atom is -0.496 e. The van der Waals surface area contributed by atoms with Crippen LogP contribution in [0.4, 0.5) is 5.13 Å². The second-order valence-electron chi connectivity index (χ2n) is 4.80. The van der Waals surface area contributed by atoms with Gasteiger partial charge in [-0.25, -0.2) is 4.98 Å². The molecule has 0 unspecified atom stereocenters. The van der Waals surface area contributed by atoms with Crippen LogP contribution in [0.2, 0.25) is 5.02 Å². The second kappa shape index (κ2) is 7.79. The molecule has 4 nitrogen and oxygen atoms in total. The summed E-state index contributed by atoms with van der Waals surface area (Å²) in [4.78, 5) is 4.51. The van der Waals surface area contributed by atoms with Crippen LogP contribution < -0.4 is 10.2 Å². The van der Waals surface area contributed by atoms with Crippen molar-refractivity contribution in [2.24, 2.45) is 5.10 Å². The molecule has 0 spiro atoms. The first kappa shape index (κ1) is 17.0. The Bertz CT molecular complexity index is 865. The Balaban J connectivity index is 1.71. The van der Waals surface area contributed by atoms with Crippen molar-refractivity contribution in [1.29, 1.82) is 0 Å². The van der Waals surface area contributed by atoms with E-state index in [4.69, 9.17) is 16.3 Å². The van der Waals surface area contributed by atoms with E-state index in [1.807, 2.05) is 47.8 Å². The number of ether oxygens (including phenoxy) is 1. The van der Waals surface area contributed by atoms with Gasteiger partial charge < -0.3 is 4.74 Å². The predicted octanol–water partition coefficient (Wildman–Crippen LogP) is 5.68. The third-order valence-corrected chi connectivity index (χ3v) is 4.69. The summed E-state index contributed by atoms with van der Waals surface area (Å²) in [5.74, 6) is 0.754. The van der Waals surface area contributed by atoms with Crippen LogP contribution in [-0.4, -0.2) is 18.3 Å². The number of nitrogens with zero attached hydrogens (tertiary/aromatic N) is 2. The van der Waals surface area contributed by atoms with Gasteiger partial charge in [-0.3, -0.25) is 5.43 Å². The van der Waals surface area contributed by atoms with E-state index in [1.54, 1.807) is 13.3 Å². The van der Waals surface area contributed by atoms with Crippen LogP contribution in [0.1, 0.15) is 5.56 Å². The molecule has 24 heavy (non-hydrogen) atoms. The fourth-order valence-electron chi connectivity index (χ4n) is 2.04. The highest BCUT2D eigenvalue weighted by atomic mass is 79.9. The molecule has 0 atom stereocenters. The number of methoxy groups -OCH3 is 1. The van der Waals surface area contributed by atoms with Gasteiger partial charge in [0.05, 0.1) is 19.0 Å². The molecule has 0 aliphatic rings. The summed E-state index contributed by atoms with van der Waals surface area (Å²) >= 11 is 10.8. The SMILES string of the molecule is COc1ccc(Br)cc1/C=N/Nc1nc(-c2ccc(Cl)cc2)cs1. The topological polar surface area (TPSA) is 46.5 Å². The van der Waals surface area contributed by atoms with Crippen LogP contribution in [0.3, 0.4) is 0 Å². The number of aromatic nitrogens is 1. The minimum atomic E-state index is 0.708. The highest BCUT2D eigenvalue weighted by Crippen LogP contribution is 2.26. The summed E-state index contributed by atoms with van der Waals surface area (Å²) in [6.45, 7) is 0. The molecule has 0 saturated heterocycles. The Kier molecular flexibility index (Phi) is 5.50. The average Bonchev–Trinajstić information content (AvgIpc) is 3.05. The minimum absolute atomic E-state index is 0.708. The number of benzene rings is 2. The van der Waals surface area contributed by atoms with E-state index >= 15 is 0 Å². The Hall–Kier alpha value is -1.89. The van der Waals surface area contributed by atoms with Gasteiger partial charge in [0.15, 0.2) is 0 Å². The number of hydrogen-bond acceptors (Lipinski definition) is 5. The van der Waals surface area contributed by atoms with Crippen molar-refractivity contribution in [3.63, 3.8) is 0 Å². The summed E-state index contributed by atoms with van der Waals surface area (Å²) in [6.07, 6.45) is 1.70. The Labute approximate surface area is 157 Å². The molecule has 0 radical (unpaired) electrons. The molecule has 0 fully saturated rings. The maximum absolute atomic E-state index is 5.90. The Morgan fingerprint density at radius 3 is 2.79 bits per heavy atom. The zero-order valence-corrected chi connectivity index (χ0v) is 15.8. The van der Waals surface area contributed by atoms with Crippen molar-refractivity contribution in [3.05, 3.63) is 62.9 Å². The largest absolute Gasteiger partial charge is 0.496 e. The lowest BCUT2D eigenvalue weighted by atomic mass is 10.2. The van der Waals surface area contributed by atoms with Crippen molar-refractivity contribution in [1.82, 2.24) is 4.98 Å². The Morgan fingerprint density at radius 2 is 2.04 bits per heavy atom. The van der Waals surface area contributed by atoms with Gasteiger partial charge in [0.1, 0.15) is 5.75 Å². The van der Waals surface area contributed by atoms with Gasteiger partial charge in [-0.1, -0.05) is 39.7 Å². The summed E-state index contributed by atoms with van der Waals surface area (Å²) in [5.41, 5.74) is 5.71. The zero-order chi connectivity index (χ0) is 16.9. The first-order valence-electron chi connectivity index (χ1n) is 7.00. The zero-order valence-electron chi connectivity index (χ0n) is 12.7. The number of hydrazone groups is 1. The molecule has 2 aromatic carbocycles. The predicted molar refractivity (Wildman–Crippen MR) is 104 cm³/mol. The monoisotopic (exact) mass is 421 g/mol. The van der Waals surface area contributed by atoms with Crippen molar-refractivity contribution in [2.45, 2.75) is 0 Å². The highest BCUT2D eigenvalue weighted by Gasteiger charge is 2.04. The number of hydrogen-bond donors (Lipinski definition) is 1. The van der Waals surface area contributed by atoms with Crippen molar-refractivity contribution in [2.75, 3.05) is 12.5 Å².